The van der Waals surface area contributed by atoms with Gasteiger partial charge in [0.2, 0.25) is 5.91 Å². The molecular weight excluding hydrogens is 539 g/mol. The van der Waals surface area contributed by atoms with Crippen molar-refractivity contribution >= 4 is 56.6 Å². The van der Waals surface area contributed by atoms with Gasteiger partial charge >= 0.3 is 0 Å². The first kappa shape index (κ1) is 28.2. The van der Waals surface area contributed by atoms with Crippen LogP contribution in [-0.4, -0.2) is 39.8 Å². The molecule has 0 radical (unpaired) electrons. The largest absolute Gasteiger partial charge is 0.494 e. The molecule has 0 saturated carbocycles. The molecule has 3 rings (SSSR count). The summed E-state index contributed by atoms with van der Waals surface area (Å²) < 4.78 is 33.5. The Balaban J connectivity index is 1.66. The van der Waals surface area contributed by atoms with Crippen molar-refractivity contribution in [3.63, 3.8) is 0 Å². The molecule has 3 aromatic rings. The molecule has 0 bridgehead atoms. The average Bonchev–Trinajstić information content (AvgIpc) is 2.85. The Morgan fingerprint density at radius 3 is 2.25 bits per heavy atom. The van der Waals surface area contributed by atoms with Crippen LogP contribution in [0.15, 0.2) is 71.6 Å². The van der Waals surface area contributed by atoms with E-state index in [1.807, 2.05) is 26.0 Å². The van der Waals surface area contributed by atoms with Crippen LogP contribution in [0, 0.1) is 6.92 Å². The van der Waals surface area contributed by atoms with E-state index in [1.165, 1.54) is 12.1 Å². The number of thioether (sulfide) groups is 1. The first-order chi connectivity index (χ1) is 17.2. The molecule has 3 aromatic carbocycles. The third-order valence-electron chi connectivity index (χ3n) is 5.21. The number of rotatable bonds is 12. The van der Waals surface area contributed by atoms with E-state index < -0.39 is 15.9 Å². The number of hydrogen-bond acceptors (Lipinski definition) is 5. The second kappa shape index (κ2) is 13.2. The summed E-state index contributed by atoms with van der Waals surface area (Å²) in [4.78, 5) is 12.8. The smallest absolute Gasteiger partial charge is 0.264 e. The maximum atomic E-state index is 13.5. The zero-order valence-electron chi connectivity index (χ0n) is 20.0. The summed E-state index contributed by atoms with van der Waals surface area (Å²) in [7, 11) is -3.99. The lowest BCUT2D eigenvalue weighted by Crippen LogP contribution is -2.41. The molecule has 0 aliphatic carbocycles. The fourth-order valence-electron chi connectivity index (χ4n) is 3.32. The number of carbonyl (C=O) groups excluding carboxylic acids is 1. The minimum absolute atomic E-state index is 0.0755. The standard InChI is InChI=1S/C26H28Cl2N2O4S2/c1-3-34-21-11-13-22(14-12-21)36(32,33)30(20-9-7-19(2)8-10-20)17-26(31)29-15-16-35-18-23-24(27)5-4-6-25(23)28/h4-14H,3,15-18H2,1-2H3,(H,29,31). The number of hydrogen-bond donors (Lipinski definition) is 1. The number of nitrogens with one attached hydrogen (secondary N) is 1. The van der Waals surface area contributed by atoms with Crippen LogP contribution in [0.2, 0.25) is 10.0 Å². The van der Waals surface area contributed by atoms with Crippen LogP contribution in [0.5, 0.6) is 5.75 Å². The molecule has 1 amide bonds. The number of anilines is 1. The highest BCUT2D eigenvalue weighted by Crippen LogP contribution is 2.28. The minimum atomic E-state index is -3.99. The minimum Gasteiger partial charge on any atom is -0.494 e. The van der Waals surface area contributed by atoms with E-state index in [9.17, 15) is 13.2 Å². The molecule has 6 nitrogen and oxygen atoms in total. The number of amides is 1. The van der Waals surface area contributed by atoms with Crippen LogP contribution in [0.25, 0.3) is 0 Å². The van der Waals surface area contributed by atoms with Crippen LogP contribution in [0.1, 0.15) is 18.1 Å². The molecule has 192 valence electrons. The molecule has 0 fully saturated rings. The van der Waals surface area contributed by atoms with Crippen LogP contribution in [-0.2, 0) is 20.6 Å². The van der Waals surface area contributed by atoms with Gasteiger partial charge in [0.05, 0.1) is 17.2 Å². The second-order valence-electron chi connectivity index (χ2n) is 7.85. The summed E-state index contributed by atoms with van der Waals surface area (Å²) >= 11 is 14.0. The lowest BCUT2D eigenvalue weighted by atomic mass is 10.2. The van der Waals surface area contributed by atoms with Gasteiger partial charge in [-0.15, -0.1) is 0 Å². The summed E-state index contributed by atoms with van der Waals surface area (Å²) in [5.74, 6) is 1.40. The monoisotopic (exact) mass is 566 g/mol. The van der Waals surface area contributed by atoms with Gasteiger partial charge in [0, 0.05) is 28.1 Å². The third-order valence-corrected chi connectivity index (χ3v) is 8.69. The number of sulfonamides is 1. The predicted octanol–water partition coefficient (Wildman–Crippen LogP) is 5.95. The Kier molecular flexibility index (Phi) is 10.4. The Morgan fingerprint density at radius 2 is 1.64 bits per heavy atom. The maximum absolute atomic E-state index is 13.5. The lowest BCUT2D eigenvalue weighted by molar-refractivity contribution is -0.119. The molecule has 0 aliphatic heterocycles. The van der Waals surface area contributed by atoms with Gasteiger partial charge < -0.3 is 10.1 Å². The third kappa shape index (κ3) is 7.56. The molecular formula is C26H28Cl2N2O4S2. The SMILES string of the molecule is CCOc1ccc(S(=O)(=O)N(CC(=O)NCCSCc2c(Cl)cccc2Cl)c2ccc(C)cc2)cc1. The topological polar surface area (TPSA) is 75.7 Å². The van der Waals surface area contributed by atoms with E-state index in [1.54, 1.807) is 54.2 Å². The molecule has 0 heterocycles. The van der Waals surface area contributed by atoms with Crippen LogP contribution < -0.4 is 14.4 Å². The van der Waals surface area contributed by atoms with Crippen molar-refractivity contribution in [3.8, 4) is 5.75 Å². The summed E-state index contributed by atoms with van der Waals surface area (Å²) in [5.41, 5.74) is 2.24. The van der Waals surface area contributed by atoms with E-state index >= 15 is 0 Å². The fraction of sp³-hybridized carbons (Fsp3) is 0.269. The summed E-state index contributed by atoms with van der Waals surface area (Å²) in [6.07, 6.45) is 0. The van der Waals surface area contributed by atoms with Gasteiger partial charge in [-0.05, 0) is 67.9 Å². The molecule has 0 atom stereocenters. The molecule has 0 saturated heterocycles. The quantitative estimate of drug-likeness (QED) is 0.274. The second-order valence-corrected chi connectivity index (χ2v) is 11.6. The Morgan fingerprint density at radius 1 is 1.00 bits per heavy atom. The van der Waals surface area contributed by atoms with Crippen molar-refractivity contribution in [2.75, 3.05) is 29.8 Å². The van der Waals surface area contributed by atoms with E-state index in [0.29, 0.717) is 46.1 Å². The van der Waals surface area contributed by atoms with Crippen molar-refractivity contribution in [1.82, 2.24) is 5.32 Å². The van der Waals surface area contributed by atoms with Gasteiger partial charge in [-0.25, -0.2) is 8.42 Å². The van der Waals surface area contributed by atoms with E-state index in [4.69, 9.17) is 27.9 Å². The molecule has 1 N–H and O–H groups in total. The molecule has 0 spiro atoms. The first-order valence-corrected chi connectivity index (χ1v) is 14.7. The fourth-order valence-corrected chi connectivity index (χ4v) is 6.34. The molecule has 0 aliphatic rings. The summed E-state index contributed by atoms with van der Waals surface area (Å²) in [6, 6.07) is 18.5. The normalized spacial score (nSPS) is 11.2. The highest BCUT2D eigenvalue weighted by molar-refractivity contribution is 7.98. The van der Waals surface area contributed by atoms with E-state index in [0.717, 1.165) is 15.4 Å². The van der Waals surface area contributed by atoms with Crippen molar-refractivity contribution < 1.29 is 17.9 Å². The zero-order valence-corrected chi connectivity index (χ0v) is 23.2. The van der Waals surface area contributed by atoms with Gasteiger partial charge in [0.15, 0.2) is 0 Å². The average molecular weight is 568 g/mol. The van der Waals surface area contributed by atoms with Crippen molar-refractivity contribution in [2.24, 2.45) is 0 Å². The summed E-state index contributed by atoms with van der Waals surface area (Å²) in [6.45, 7) is 4.27. The first-order valence-electron chi connectivity index (χ1n) is 11.3. The summed E-state index contributed by atoms with van der Waals surface area (Å²) in [5, 5.41) is 4.02. The van der Waals surface area contributed by atoms with Gasteiger partial charge in [-0.2, -0.15) is 11.8 Å². The predicted molar refractivity (Wildman–Crippen MR) is 149 cm³/mol. The van der Waals surface area contributed by atoms with Crippen molar-refractivity contribution in [2.45, 2.75) is 24.5 Å². The van der Waals surface area contributed by atoms with E-state index in [-0.39, 0.29) is 11.4 Å². The molecule has 0 aromatic heterocycles. The maximum Gasteiger partial charge on any atom is 0.264 e. The number of aryl methyl sites for hydroxylation is 1. The van der Waals surface area contributed by atoms with Crippen LogP contribution in [0.4, 0.5) is 5.69 Å². The van der Waals surface area contributed by atoms with Crippen molar-refractivity contribution in [1.29, 1.82) is 0 Å². The molecule has 10 heteroatoms. The molecule has 0 unspecified atom stereocenters. The number of halogens is 2. The van der Waals surface area contributed by atoms with Crippen molar-refractivity contribution in [3.05, 3.63) is 87.9 Å². The zero-order chi connectivity index (χ0) is 26.1. The Bertz CT molecular complexity index is 1250. The number of benzene rings is 3. The molecule has 36 heavy (non-hydrogen) atoms. The highest BCUT2D eigenvalue weighted by Gasteiger charge is 2.27. The Labute approximate surface area is 227 Å². The van der Waals surface area contributed by atoms with Crippen LogP contribution in [0.3, 0.4) is 0 Å². The van der Waals surface area contributed by atoms with Gasteiger partial charge in [-0.1, -0.05) is 47.0 Å². The highest BCUT2D eigenvalue weighted by atomic mass is 35.5. The number of nitrogens with zero attached hydrogens (tertiary/aromatic N) is 1. The van der Waals surface area contributed by atoms with E-state index in [2.05, 4.69) is 5.32 Å². The van der Waals surface area contributed by atoms with Gasteiger partial charge in [-0.3, -0.25) is 9.10 Å². The Hall–Kier alpha value is -2.39. The van der Waals surface area contributed by atoms with Crippen LogP contribution >= 0.6 is 35.0 Å². The number of carbonyl (C=O) groups is 1. The van der Waals surface area contributed by atoms with Gasteiger partial charge in [0.1, 0.15) is 12.3 Å². The lowest BCUT2D eigenvalue weighted by Gasteiger charge is -2.24. The number of ether oxygens (including phenoxy) is 1. The van der Waals surface area contributed by atoms with Gasteiger partial charge in [0.25, 0.3) is 10.0 Å².